The minimum atomic E-state index is -3.70. The maximum atomic E-state index is 12.6. The summed E-state index contributed by atoms with van der Waals surface area (Å²) in [4.78, 5) is 12.0. The normalized spacial score (nSPS) is 14.6. The molecule has 1 aromatic carbocycles. The third-order valence-corrected chi connectivity index (χ3v) is 6.26. The molecule has 0 aliphatic rings. The lowest BCUT2D eigenvalue weighted by Gasteiger charge is -2.20. The van der Waals surface area contributed by atoms with E-state index in [-0.39, 0.29) is 21.9 Å². The second-order valence-electron chi connectivity index (χ2n) is 5.37. The van der Waals surface area contributed by atoms with Crippen LogP contribution >= 0.6 is 11.6 Å². The van der Waals surface area contributed by atoms with Gasteiger partial charge in [0.05, 0.1) is 10.9 Å². The average Bonchev–Trinajstić information content (AvgIpc) is 2.48. The molecule has 0 aliphatic carbocycles. The molecule has 3 N–H and O–H groups in total. The largest absolute Gasteiger partial charge is 0.327 e. The van der Waals surface area contributed by atoms with E-state index in [0.717, 1.165) is 0 Å². The molecule has 1 rings (SSSR count). The monoisotopic (exact) mass is 361 g/mol. The number of carbonyl (C=O) groups is 1. The van der Waals surface area contributed by atoms with E-state index < -0.39 is 15.9 Å². The highest BCUT2D eigenvalue weighted by atomic mass is 35.5. The van der Waals surface area contributed by atoms with Crippen LogP contribution in [0.4, 0.5) is 5.69 Å². The fraction of sp³-hybridized carbons (Fsp3) is 0.533. The lowest BCUT2D eigenvalue weighted by Crippen LogP contribution is -2.34. The van der Waals surface area contributed by atoms with Crippen molar-refractivity contribution in [1.29, 1.82) is 0 Å². The van der Waals surface area contributed by atoms with E-state index in [0.29, 0.717) is 18.8 Å². The van der Waals surface area contributed by atoms with Crippen molar-refractivity contribution >= 4 is 33.2 Å². The molecule has 0 fully saturated rings. The fourth-order valence-electron chi connectivity index (χ4n) is 1.98. The number of carbonyl (C=O) groups excluding carboxylic acids is 1. The Morgan fingerprint density at radius 3 is 2.35 bits per heavy atom. The van der Waals surface area contributed by atoms with E-state index in [1.54, 1.807) is 33.8 Å². The first kappa shape index (κ1) is 19.9. The zero-order chi connectivity index (χ0) is 17.8. The second-order valence-corrected chi connectivity index (χ2v) is 7.69. The van der Waals surface area contributed by atoms with Gasteiger partial charge in [0.1, 0.15) is 4.90 Å². The van der Waals surface area contributed by atoms with Crippen LogP contribution in [-0.2, 0) is 14.8 Å². The van der Waals surface area contributed by atoms with Gasteiger partial charge in [-0.15, -0.1) is 0 Å². The summed E-state index contributed by atoms with van der Waals surface area (Å²) in [6, 6.07) is 4.10. The van der Waals surface area contributed by atoms with Crippen molar-refractivity contribution in [3.05, 3.63) is 23.2 Å². The summed E-state index contributed by atoms with van der Waals surface area (Å²) in [5.41, 5.74) is 6.08. The van der Waals surface area contributed by atoms with Gasteiger partial charge in [-0.05, 0) is 25.1 Å². The Morgan fingerprint density at radius 1 is 1.30 bits per heavy atom. The third kappa shape index (κ3) is 4.67. The van der Waals surface area contributed by atoms with Crippen molar-refractivity contribution in [3.8, 4) is 0 Å². The molecule has 0 aliphatic heterocycles. The molecular formula is C15H24ClN3O3S. The van der Waals surface area contributed by atoms with Gasteiger partial charge in [0.25, 0.3) is 0 Å². The molecule has 23 heavy (non-hydrogen) atoms. The van der Waals surface area contributed by atoms with Crippen LogP contribution in [0.15, 0.2) is 23.1 Å². The molecule has 1 aromatic rings. The summed E-state index contributed by atoms with van der Waals surface area (Å²) in [7, 11) is -3.70. The molecule has 0 radical (unpaired) electrons. The first-order chi connectivity index (χ1) is 10.6. The van der Waals surface area contributed by atoms with Gasteiger partial charge in [0.15, 0.2) is 0 Å². The number of amides is 1. The Bertz CT molecular complexity index is 658. The van der Waals surface area contributed by atoms with Crippen LogP contribution in [-0.4, -0.2) is 37.8 Å². The number of rotatable bonds is 7. The van der Waals surface area contributed by atoms with Gasteiger partial charge in [-0.2, -0.15) is 4.31 Å². The van der Waals surface area contributed by atoms with Crippen LogP contribution in [0.25, 0.3) is 0 Å². The molecule has 8 heteroatoms. The molecule has 0 saturated carbocycles. The van der Waals surface area contributed by atoms with Crippen molar-refractivity contribution in [1.82, 2.24) is 4.31 Å². The number of nitrogens with zero attached hydrogens (tertiary/aromatic N) is 1. The molecule has 2 atom stereocenters. The van der Waals surface area contributed by atoms with Crippen molar-refractivity contribution < 1.29 is 13.2 Å². The maximum Gasteiger partial charge on any atom is 0.244 e. The van der Waals surface area contributed by atoms with Crippen molar-refractivity contribution in [2.45, 2.75) is 38.6 Å². The van der Waals surface area contributed by atoms with Gasteiger partial charge in [0.2, 0.25) is 15.9 Å². The average molecular weight is 362 g/mol. The molecule has 0 spiro atoms. The Labute approximate surface area is 143 Å². The summed E-state index contributed by atoms with van der Waals surface area (Å²) >= 11 is 6.05. The number of sulfonamides is 1. The van der Waals surface area contributed by atoms with Crippen molar-refractivity contribution in [2.75, 3.05) is 18.4 Å². The Balaban J connectivity index is 3.16. The van der Waals surface area contributed by atoms with E-state index in [1.165, 1.54) is 16.4 Å². The van der Waals surface area contributed by atoms with Gasteiger partial charge in [-0.1, -0.05) is 32.4 Å². The highest BCUT2D eigenvalue weighted by molar-refractivity contribution is 7.89. The molecule has 0 heterocycles. The van der Waals surface area contributed by atoms with Gasteiger partial charge in [-0.3, -0.25) is 4.79 Å². The van der Waals surface area contributed by atoms with E-state index in [2.05, 4.69) is 5.32 Å². The van der Waals surface area contributed by atoms with Crippen molar-refractivity contribution in [3.63, 3.8) is 0 Å². The van der Waals surface area contributed by atoms with Crippen LogP contribution < -0.4 is 11.1 Å². The Morgan fingerprint density at radius 2 is 1.87 bits per heavy atom. The predicted octanol–water partition coefficient (Wildman–Crippen LogP) is 2.29. The number of halogens is 1. The summed E-state index contributed by atoms with van der Waals surface area (Å²) in [5.74, 6) is -0.665. The lowest BCUT2D eigenvalue weighted by molar-refractivity contribution is -0.119. The summed E-state index contributed by atoms with van der Waals surface area (Å²) < 4.78 is 26.5. The number of anilines is 1. The van der Waals surface area contributed by atoms with E-state index in [9.17, 15) is 13.2 Å². The minimum Gasteiger partial charge on any atom is -0.327 e. The van der Waals surface area contributed by atoms with Gasteiger partial charge >= 0.3 is 0 Å². The fourth-order valence-corrected chi connectivity index (χ4v) is 3.93. The number of benzene rings is 1. The van der Waals surface area contributed by atoms with Crippen LogP contribution in [0, 0.1) is 5.92 Å². The lowest BCUT2D eigenvalue weighted by atomic mass is 10.0. The number of nitrogens with one attached hydrogen (secondary N) is 1. The summed E-state index contributed by atoms with van der Waals surface area (Å²) in [6.45, 7) is 7.64. The van der Waals surface area contributed by atoms with Gasteiger partial charge in [-0.25, -0.2) is 8.42 Å². The molecule has 0 saturated heterocycles. The predicted molar refractivity (Wildman–Crippen MR) is 93.0 cm³/mol. The van der Waals surface area contributed by atoms with Crippen LogP contribution in [0.3, 0.4) is 0 Å². The van der Waals surface area contributed by atoms with E-state index in [1.807, 2.05) is 0 Å². The molecule has 2 unspecified atom stereocenters. The number of hydrogen-bond acceptors (Lipinski definition) is 4. The Kier molecular flexibility index (Phi) is 7.01. The molecule has 6 nitrogen and oxygen atoms in total. The SMILES string of the molecule is CCN(CC)S(=O)(=O)c1cc(NC(=O)C(C)C(C)N)ccc1Cl. The molecule has 0 aromatic heterocycles. The van der Waals surface area contributed by atoms with E-state index >= 15 is 0 Å². The highest BCUT2D eigenvalue weighted by Gasteiger charge is 2.25. The number of nitrogens with two attached hydrogens (primary N) is 1. The topological polar surface area (TPSA) is 92.5 Å². The summed E-state index contributed by atoms with van der Waals surface area (Å²) in [5, 5.41) is 2.80. The molecule has 130 valence electrons. The smallest absolute Gasteiger partial charge is 0.244 e. The minimum absolute atomic E-state index is 0.0193. The van der Waals surface area contributed by atoms with Crippen LogP contribution in [0.2, 0.25) is 5.02 Å². The standard InChI is InChI=1S/C15H24ClN3O3S/c1-5-19(6-2)23(21,22)14-9-12(7-8-13(14)16)18-15(20)10(3)11(4)17/h7-11H,5-6,17H2,1-4H3,(H,18,20). The van der Waals surface area contributed by atoms with Crippen LogP contribution in [0.1, 0.15) is 27.7 Å². The number of hydrogen-bond donors (Lipinski definition) is 2. The quantitative estimate of drug-likeness (QED) is 0.779. The van der Waals surface area contributed by atoms with Gasteiger partial charge in [0, 0.05) is 24.8 Å². The van der Waals surface area contributed by atoms with E-state index in [4.69, 9.17) is 17.3 Å². The molecule has 0 bridgehead atoms. The molecule has 1 amide bonds. The zero-order valence-electron chi connectivity index (χ0n) is 13.8. The first-order valence-corrected chi connectivity index (χ1v) is 9.33. The first-order valence-electron chi connectivity index (χ1n) is 7.51. The Hall–Kier alpha value is -1.15. The zero-order valence-corrected chi connectivity index (χ0v) is 15.4. The summed E-state index contributed by atoms with van der Waals surface area (Å²) in [6.07, 6.45) is 0. The third-order valence-electron chi connectivity index (χ3n) is 3.72. The highest BCUT2D eigenvalue weighted by Crippen LogP contribution is 2.28. The van der Waals surface area contributed by atoms with Gasteiger partial charge < -0.3 is 11.1 Å². The molecular weight excluding hydrogens is 338 g/mol. The van der Waals surface area contributed by atoms with Crippen molar-refractivity contribution in [2.24, 2.45) is 11.7 Å². The maximum absolute atomic E-state index is 12.6. The van der Waals surface area contributed by atoms with Crippen LogP contribution in [0.5, 0.6) is 0 Å². The second kappa shape index (κ2) is 8.10.